The zero-order valence-corrected chi connectivity index (χ0v) is 13.7. The van der Waals surface area contributed by atoms with Gasteiger partial charge in [0.1, 0.15) is 11.5 Å². The van der Waals surface area contributed by atoms with Crippen molar-refractivity contribution >= 4 is 17.3 Å². The molecule has 0 fully saturated rings. The maximum Gasteiger partial charge on any atom is 0.216 e. The number of nitrogens with zero attached hydrogens (tertiary/aromatic N) is 1. The van der Waals surface area contributed by atoms with Crippen molar-refractivity contribution in [1.29, 1.82) is 0 Å². The number of rotatable bonds is 7. The molecule has 2 aromatic rings. The molecule has 1 amide bonds. The van der Waals surface area contributed by atoms with E-state index in [1.807, 2.05) is 48.5 Å². The average molecular weight is 314 g/mol. The Morgan fingerprint density at radius 1 is 1.00 bits per heavy atom. The van der Waals surface area contributed by atoms with Crippen LogP contribution in [0.1, 0.15) is 6.92 Å². The molecule has 1 N–H and O–H groups in total. The predicted octanol–water partition coefficient (Wildman–Crippen LogP) is 2.98. The van der Waals surface area contributed by atoms with Gasteiger partial charge in [-0.25, -0.2) is 0 Å². The quantitative estimate of drug-likeness (QED) is 0.853. The Bertz CT molecular complexity index is 641. The van der Waals surface area contributed by atoms with Crippen LogP contribution in [-0.4, -0.2) is 33.2 Å². The summed E-state index contributed by atoms with van der Waals surface area (Å²) in [4.78, 5) is 13.2. The van der Waals surface area contributed by atoms with Crippen molar-refractivity contribution in [2.75, 3.05) is 32.2 Å². The highest BCUT2D eigenvalue weighted by Crippen LogP contribution is 2.29. The second-order valence-electron chi connectivity index (χ2n) is 5.03. The second-order valence-corrected chi connectivity index (χ2v) is 5.03. The van der Waals surface area contributed by atoms with Gasteiger partial charge in [-0.1, -0.05) is 6.07 Å². The Morgan fingerprint density at radius 2 is 1.70 bits per heavy atom. The standard InChI is InChI=1S/C18H22N2O3/c1-14(21)19-11-12-20(15-7-9-17(22-2)10-8-15)16-5-4-6-18(13-16)23-3/h4-10,13H,11-12H2,1-3H3,(H,19,21). The molecule has 0 aliphatic carbocycles. The van der Waals surface area contributed by atoms with Gasteiger partial charge in [0.2, 0.25) is 5.91 Å². The smallest absolute Gasteiger partial charge is 0.216 e. The van der Waals surface area contributed by atoms with Gasteiger partial charge in [0.15, 0.2) is 0 Å². The summed E-state index contributed by atoms with van der Waals surface area (Å²) >= 11 is 0. The van der Waals surface area contributed by atoms with Gasteiger partial charge in [0.05, 0.1) is 14.2 Å². The number of ether oxygens (including phenoxy) is 2. The molecule has 0 aliphatic heterocycles. The molecule has 0 spiro atoms. The molecule has 5 heteroatoms. The first kappa shape index (κ1) is 16.7. The molecule has 5 nitrogen and oxygen atoms in total. The Hall–Kier alpha value is -2.69. The number of carbonyl (C=O) groups is 1. The van der Waals surface area contributed by atoms with Crippen LogP contribution < -0.4 is 19.7 Å². The van der Waals surface area contributed by atoms with Gasteiger partial charge in [0.25, 0.3) is 0 Å². The van der Waals surface area contributed by atoms with E-state index >= 15 is 0 Å². The van der Waals surface area contributed by atoms with E-state index in [9.17, 15) is 4.79 Å². The van der Waals surface area contributed by atoms with Gasteiger partial charge in [-0.05, 0) is 36.4 Å². The number of hydrogen-bond donors (Lipinski definition) is 1. The van der Waals surface area contributed by atoms with Gasteiger partial charge in [-0.2, -0.15) is 0 Å². The molecule has 0 aromatic heterocycles. The highest BCUT2D eigenvalue weighted by molar-refractivity contribution is 5.73. The summed E-state index contributed by atoms with van der Waals surface area (Å²) in [7, 11) is 3.29. The molecule has 2 aromatic carbocycles. The maximum atomic E-state index is 11.1. The van der Waals surface area contributed by atoms with E-state index in [0.29, 0.717) is 13.1 Å². The van der Waals surface area contributed by atoms with E-state index in [0.717, 1.165) is 22.9 Å². The average Bonchev–Trinajstić information content (AvgIpc) is 2.59. The summed E-state index contributed by atoms with van der Waals surface area (Å²) in [5.74, 6) is 1.56. The molecule has 0 saturated heterocycles. The summed E-state index contributed by atoms with van der Waals surface area (Å²) in [6.45, 7) is 2.72. The van der Waals surface area contributed by atoms with E-state index in [2.05, 4.69) is 10.2 Å². The largest absolute Gasteiger partial charge is 0.497 e. The van der Waals surface area contributed by atoms with Crippen LogP contribution in [0.15, 0.2) is 48.5 Å². The number of nitrogens with one attached hydrogen (secondary N) is 1. The fourth-order valence-electron chi connectivity index (χ4n) is 2.29. The van der Waals surface area contributed by atoms with Crippen LogP contribution in [0.4, 0.5) is 11.4 Å². The third-order valence-corrected chi connectivity index (χ3v) is 3.46. The lowest BCUT2D eigenvalue weighted by Crippen LogP contribution is -2.31. The monoisotopic (exact) mass is 314 g/mol. The molecule has 0 radical (unpaired) electrons. The van der Waals surface area contributed by atoms with Gasteiger partial charge in [-0.15, -0.1) is 0 Å². The number of methoxy groups -OCH3 is 2. The number of hydrogen-bond acceptors (Lipinski definition) is 4. The van der Waals surface area contributed by atoms with Crippen molar-refractivity contribution in [3.63, 3.8) is 0 Å². The van der Waals surface area contributed by atoms with E-state index in [-0.39, 0.29) is 5.91 Å². The Labute approximate surface area is 136 Å². The molecule has 0 atom stereocenters. The first-order valence-electron chi connectivity index (χ1n) is 7.44. The first-order valence-corrected chi connectivity index (χ1v) is 7.44. The van der Waals surface area contributed by atoms with E-state index < -0.39 is 0 Å². The van der Waals surface area contributed by atoms with Crippen LogP contribution in [0.3, 0.4) is 0 Å². The normalized spacial score (nSPS) is 10.0. The second kappa shape index (κ2) is 8.08. The van der Waals surface area contributed by atoms with Gasteiger partial charge in [-0.3, -0.25) is 4.79 Å². The minimum atomic E-state index is -0.0367. The van der Waals surface area contributed by atoms with Crippen molar-refractivity contribution in [1.82, 2.24) is 5.32 Å². The van der Waals surface area contributed by atoms with Crippen LogP contribution in [0, 0.1) is 0 Å². The van der Waals surface area contributed by atoms with Crippen molar-refractivity contribution < 1.29 is 14.3 Å². The van der Waals surface area contributed by atoms with Crippen molar-refractivity contribution in [3.8, 4) is 11.5 Å². The molecular weight excluding hydrogens is 292 g/mol. The van der Waals surface area contributed by atoms with E-state index in [1.165, 1.54) is 6.92 Å². The number of carbonyl (C=O) groups excluding carboxylic acids is 1. The minimum Gasteiger partial charge on any atom is -0.497 e. The van der Waals surface area contributed by atoms with Gasteiger partial charge >= 0.3 is 0 Å². The molecule has 0 bridgehead atoms. The minimum absolute atomic E-state index is 0.0367. The Balaban J connectivity index is 2.27. The fraction of sp³-hybridized carbons (Fsp3) is 0.278. The molecule has 23 heavy (non-hydrogen) atoms. The van der Waals surface area contributed by atoms with E-state index in [4.69, 9.17) is 9.47 Å². The molecule has 0 heterocycles. The van der Waals surface area contributed by atoms with Crippen LogP contribution in [0.25, 0.3) is 0 Å². The van der Waals surface area contributed by atoms with Crippen LogP contribution in [0.5, 0.6) is 11.5 Å². The summed E-state index contributed by atoms with van der Waals surface area (Å²) in [6.07, 6.45) is 0. The zero-order valence-electron chi connectivity index (χ0n) is 13.7. The highest BCUT2D eigenvalue weighted by Gasteiger charge is 2.10. The highest BCUT2D eigenvalue weighted by atomic mass is 16.5. The predicted molar refractivity (Wildman–Crippen MR) is 91.7 cm³/mol. The molecular formula is C18H22N2O3. The van der Waals surface area contributed by atoms with E-state index in [1.54, 1.807) is 14.2 Å². The number of amides is 1. The van der Waals surface area contributed by atoms with Crippen molar-refractivity contribution in [2.24, 2.45) is 0 Å². The van der Waals surface area contributed by atoms with Gasteiger partial charge < -0.3 is 19.7 Å². The first-order chi connectivity index (χ1) is 11.1. The third kappa shape index (κ3) is 4.64. The van der Waals surface area contributed by atoms with Crippen LogP contribution >= 0.6 is 0 Å². The summed E-state index contributed by atoms with van der Waals surface area (Å²) < 4.78 is 10.5. The maximum absolute atomic E-state index is 11.1. The number of benzene rings is 2. The lowest BCUT2D eigenvalue weighted by atomic mass is 10.2. The lowest BCUT2D eigenvalue weighted by Gasteiger charge is -2.25. The Morgan fingerprint density at radius 3 is 2.30 bits per heavy atom. The van der Waals surface area contributed by atoms with Crippen LogP contribution in [0.2, 0.25) is 0 Å². The molecule has 0 saturated carbocycles. The van der Waals surface area contributed by atoms with Crippen molar-refractivity contribution in [2.45, 2.75) is 6.92 Å². The van der Waals surface area contributed by atoms with Crippen molar-refractivity contribution in [3.05, 3.63) is 48.5 Å². The fourth-order valence-corrected chi connectivity index (χ4v) is 2.29. The third-order valence-electron chi connectivity index (χ3n) is 3.46. The zero-order chi connectivity index (χ0) is 16.7. The molecule has 122 valence electrons. The Kier molecular flexibility index (Phi) is 5.86. The SMILES string of the molecule is COc1ccc(N(CCNC(C)=O)c2cccc(OC)c2)cc1. The molecule has 0 unspecified atom stereocenters. The molecule has 0 aliphatic rings. The summed E-state index contributed by atoms with van der Waals surface area (Å²) in [5.41, 5.74) is 2.02. The summed E-state index contributed by atoms with van der Waals surface area (Å²) in [5, 5.41) is 2.83. The lowest BCUT2D eigenvalue weighted by molar-refractivity contribution is -0.118. The number of anilines is 2. The molecule has 2 rings (SSSR count). The topological polar surface area (TPSA) is 50.8 Å². The van der Waals surface area contributed by atoms with Crippen LogP contribution in [-0.2, 0) is 4.79 Å². The summed E-state index contributed by atoms with van der Waals surface area (Å²) in [6, 6.07) is 15.7. The van der Waals surface area contributed by atoms with Gasteiger partial charge in [0, 0.05) is 37.5 Å².